The quantitative estimate of drug-likeness (QED) is 0.516. The number of benzene rings is 1. The number of hydrogen-bond donors (Lipinski definition) is 2. The SMILES string of the molecule is CC[C@H](O)[C@H]1C(=S)N2C(OC(=O)O)=C(C3CCCN(Cc4ccccc4)C3)S[C@H]12. The minimum atomic E-state index is -1.32. The normalized spacial score (nSPS) is 28.1. The lowest BCUT2D eigenvalue weighted by molar-refractivity contribution is 0.0565. The van der Waals surface area contributed by atoms with E-state index in [9.17, 15) is 15.0 Å². The summed E-state index contributed by atoms with van der Waals surface area (Å²) in [6.07, 6.45) is 0.835. The average molecular weight is 435 g/mol. The van der Waals surface area contributed by atoms with Crippen molar-refractivity contribution in [2.45, 2.75) is 44.2 Å². The van der Waals surface area contributed by atoms with E-state index in [1.165, 1.54) is 5.56 Å². The molecule has 3 aliphatic rings. The van der Waals surface area contributed by atoms with Gasteiger partial charge < -0.3 is 14.9 Å². The number of aliphatic hydroxyl groups is 1. The van der Waals surface area contributed by atoms with E-state index in [4.69, 9.17) is 17.0 Å². The van der Waals surface area contributed by atoms with Gasteiger partial charge in [0, 0.05) is 19.0 Å². The Hall–Kier alpha value is -1.61. The summed E-state index contributed by atoms with van der Waals surface area (Å²) in [6, 6.07) is 10.4. The molecule has 1 aromatic rings. The Morgan fingerprint density at radius 3 is 2.83 bits per heavy atom. The lowest BCUT2D eigenvalue weighted by atomic mass is 9.91. The Kier molecular flexibility index (Phi) is 6.15. The number of thioether (sulfide) groups is 1. The highest BCUT2D eigenvalue weighted by Gasteiger charge is 2.56. The zero-order chi connectivity index (χ0) is 20.5. The first-order valence-corrected chi connectivity index (χ1v) is 11.4. The third-order valence-electron chi connectivity index (χ3n) is 5.90. The molecule has 0 saturated carbocycles. The van der Waals surface area contributed by atoms with E-state index in [0.717, 1.165) is 37.4 Å². The van der Waals surface area contributed by atoms with E-state index in [2.05, 4.69) is 29.2 Å². The van der Waals surface area contributed by atoms with Gasteiger partial charge in [-0.3, -0.25) is 9.80 Å². The molecule has 29 heavy (non-hydrogen) atoms. The van der Waals surface area contributed by atoms with E-state index in [1.807, 2.05) is 13.0 Å². The van der Waals surface area contributed by atoms with Crippen molar-refractivity contribution in [1.29, 1.82) is 0 Å². The zero-order valence-electron chi connectivity index (χ0n) is 16.4. The van der Waals surface area contributed by atoms with Crippen LogP contribution in [-0.2, 0) is 11.3 Å². The maximum Gasteiger partial charge on any atom is 0.512 e. The predicted octanol–water partition coefficient (Wildman–Crippen LogP) is 3.87. The maximum absolute atomic E-state index is 11.3. The van der Waals surface area contributed by atoms with E-state index in [1.54, 1.807) is 16.7 Å². The van der Waals surface area contributed by atoms with Crippen LogP contribution in [0.25, 0.3) is 0 Å². The Labute approximate surface area is 180 Å². The van der Waals surface area contributed by atoms with Gasteiger partial charge in [0.25, 0.3) is 0 Å². The fourth-order valence-corrected chi connectivity index (χ4v) is 6.74. The smallest absolute Gasteiger partial charge is 0.449 e. The molecule has 4 rings (SSSR count). The van der Waals surface area contributed by atoms with Crippen molar-refractivity contribution in [3.63, 3.8) is 0 Å². The van der Waals surface area contributed by atoms with Crippen molar-refractivity contribution >= 4 is 35.1 Å². The molecular formula is C21H26N2O4S2. The van der Waals surface area contributed by atoms with Gasteiger partial charge in [0.05, 0.1) is 27.3 Å². The topological polar surface area (TPSA) is 73.2 Å². The first kappa shape index (κ1) is 20.7. The largest absolute Gasteiger partial charge is 0.512 e. The van der Waals surface area contributed by atoms with Crippen LogP contribution < -0.4 is 0 Å². The van der Waals surface area contributed by atoms with Crippen LogP contribution in [0.2, 0.25) is 0 Å². The van der Waals surface area contributed by atoms with Gasteiger partial charge >= 0.3 is 6.16 Å². The fraction of sp³-hybridized carbons (Fsp3) is 0.524. The third-order valence-corrected chi connectivity index (χ3v) is 7.88. The minimum absolute atomic E-state index is 0.0636. The van der Waals surface area contributed by atoms with Crippen molar-refractivity contribution < 1.29 is 19.7 Å². The first-order valence-electron chi connectivity index (χ1n) is 10.1. The van der Waals surface area contributed by atoms with E-state index in [-0.39, 0.29) is 17.2 Å². The molecule has 4 atom stereocenters. The zero-order valence-corrected chi connectivity index (χ0v) is 18.0. The second-order valence-corrected chi connectivity index (χ2v) is 9.39. The summed E-state index contributed by atoms with van der Waals surface area (Å²) < 4.78 is 5.21. The first-order chi connectivity index (χ1) is 14.0. The van der Waals surface area contributed by atoms with Crippen LogP contribution in [-0.4, -0.2) is 55.7 Å². The molecule has 1 unspecified atom stereocenters. The highest BCUT2D eigenvalue weighted by molar-refractivity contribution is 8.04. The Morgan fingerprint density at radius 1 is 1.38 bits per heavy atom. The second kappa shape index (κ2) is 8.63. The summed E-state index contributed by atoms with van der Waals surface area (Å²) in [4.78, 5) is 17.1. The standard InChI is InChI=1S/C21H26N2O4S2/c1-2-15(24)16-19(28)23-18(27-21(25)26)17(29-20(16)23)14-9-6-10-22(12-14)11-13-7-4-3-5-8-13/h3-5,7-8,14-16,20,24H,2,6,9-12H2,1H3,(H,25,26)/t14?,15-,16-,20+/m0/s1. The van der Waals surface area contributed by atoms with Crippen molar-refractivity contribution in [2.24, 2.45) is 11.8 Å². The van der Waals surface area contributed by atoms with Gasteiger partial charge in [-0.1, -0.05) is 61.2 Å². The molecule has 2 N–H and O–H groups in total. The lowest BCUT2D eigenvalue weighted by Gasteiger charge is -2.46. The number of likely N-dealkylation sites (tertiary alicyclic amines) is 1. The van der Waals surface area contributed by atoms with Gasteiger partial charge in [-0.25, -0.2) is 4.79 Å². The highest BCUT2D eigenvalue weighted by atomic mass is 32.2. The molecule has 0 spiro atoms. The summed E-state index contributed by atoms with van der Waals surface area (Å²) in [5.74, 6) is 0.442. The molecule has 6 nitrogen and oxygen atoms in total. The second-order valence-electron chi connectivity index (χ2n) is 7.82. The number of aliphatic hydroxyl groups excluding tert-OH is 1. The monoisotopic (exact) mass is 434 g/mol. The van der Waals surface area contributed by atoms with Crippen LogP contribution in [0.4, 0.5) is 4.79 Å². The van der Waals surface area contributed by atoms with Crippen LogP contribution in [0.1, 0.15) is 31.7 Å². The van der Waals surface area contributed by atoms with E-state index < -0.39 is 12.3 Å². The summed E-state index contributed by atoms with van der Waals surface area (Å²) in [5, 5.41) is 19.6. The van der Waals surface area contributed by atoms with Gasteiger partial charge in [0.1, 0.15) is 0 Å². The molecule has 0 aliphatic carbocycles. The van der Waals surface area contributed by atoms with Crippen molar-refractivity contribution in [3.05, 3.63) is 46.7 Å². The van der Waals surface area contributed by atoms with Gasteiger partial charge in [-0.15, -0.1) is 0 Å². The van der Waals surface area contributed by atoms with Crippen LogP contribution in [0.15, 0.2) is 41.1 Å². The third kappa shape index (κ3) is 4.03. The minimum Gasteiger partial charge on any atom is -0.449 e. The van der Waals surface area contributed by atoms with Crippen molar-refractivity contribution in [1.82, 2.24) is 9.80 Å². The van der Waals surface area contributed by atoms with Crippen molar-refractivity contribution in [3.8, 4) is 0 Å². The molecule has 156 valence electrons. The highest BCUT2D eigenvalue weighted by Crippen LogP contribution is 2.54. The van der Waals surface area contributed by atoms with Crippen LogP contribution >= 0.6 is 24.0 Å². The maximum atomic E-state index is 11.3. The molecule has 1 aromatic carbocycles. The molecule has 0 bridgehead atoms. The summed E-state index contributed by atoms with van der Waals surface area (Å²) in [7, 11) is 0. The van der Waals surface area contributed by atoms with Crippen molar-refractivity contribution in [2.75, 3.05) is 13.1 Å². The molecule has 2 fully saturated rings. The number of rotatable bonds is 6. The summed E-state index contributed by atoms with van der Waals surface area (Å²) in [5.41, 5.74) is 1.28. The number of carbonyl (C=O) groups is 1. The van der Waals surface area contributed by atoms with Gasteiger partial charge in [0.2, 0.25) is 5.88 Å². The van der Waals surface area contributed by atoms with Gasteiger partial charge in [-0.05, 0) is 31.4 Å². The Balaban J connectivity index is 1.53. The van der Waals surface area contributed by atoms with E-state index >= 15 is 0 Å². The molecule has 8 heteroatoms. The number of fused-ring (bicyclic) bond motifs is 1. The Morgan fingerprint density at radius 2 is 2.14 bits per heavy atom. The Bertz CT molecular complexity index is 816. The molecule has 3 heterocycles. The summed E-state index contributed by atoms with van der Waals surface area (Å²) >= 11 is 7.14. The molecule has 2 saturated heterocycles. The lowest BCUT2D eigenvalue weighted by Crippen LogP contribution is -2.59. The molecule has 3 aliphatic heterocycles. The van der Waals surface area contributed by atoms with E-state index in [0.29, 0.717) is 17.3 Å². The molecule has 0 aromatic heterocycles. The molecule has 0 radical (unpaired) electrons. The average Bonchev–Trinajstić information content (AvgIpc) is 3.02. The number of thiocarbonyl (C=S) groups is 1. The fourth-order valence-electron chi connectivity index (χ4n) is 4.44. The number of carboxylic acid groups (broad SMARTS) is 1. The molecule has 0 amide bonds. The van der Waals surface area contributed by atoms with Crippen LogP contribution in [0.5, 0.6) is 0 Å². The summed E-state index contributed by atoms with van der Waals surface area (Å²) in [6.45, 7) is 4.70. The number of hydrogen-bond acceptors (Lipinski definition) is 6. The van der Waals surface area contributed by atoms with Crippen LogP contribution in [0.3, 0.4) is 0 Å². The van der Waals surface area contributed by atoms with Crippen LogP contribution in [0, 0.1) is 11.8 Å². The number of ether oxygens (including phenoxy) is 1. The molecular weight excluding hydrogens is 408 g/mol. The predicted molar refractivity (Wildman–Crippen MR) is 116 cm³/mol. The number of piperidine rings is 1. The number of nitrogens with zero attached hydrogens (tertiary/aromatic N) is 2. The van der Waals surface area contributed by atoms with Gasteiger partial charge in [-0.2, -0.15) is 0 Å². The van der Waals surface area contributed by atoms with Gasteiger partial charge in [0.15, 0.2) is 0 Å².